The van der Waals surface area contributed by atoms with E-state index in [1.165, 1.54) is 0 Å². The zero-order valence-corrected chi connectivity index (χ0v) is 11.0. The van der Waals surface area contributed by atoms with Crippen LogP contribution in [0, 0.1) is 5.41 Å². The Morgan fingerprint density at radius 1 is 1.53 bits per heavy atom. The van der Waals surface area contributed by atoms with Crippen molar-refractivity contribution in [1.29, 1.82) is 0 Å². The first-order valence-corrected chi connectivity index (χ1v) is 6.98. The van der Waals surface area contributed by atoms with Gasteiger partial charge in [0.2, 0.25) is 5.91 Å². The Hall–Kier alpha value is -0.870. The average Bonchev–Trinajstić information content (AvgIpc) is 2.80. The van der Waals surface area contributed by atoms with Crippen LogP contribution < -0.4 is 5.32 Å². The van der Waals surface area contributed by atoms with Gasteiger partial charge < -0.3 is 10.1 Å². The van der Waals surface area contributed by atoms with Gasteiger partial charge in [-0.2, -0.15) is 11.3 Å². The molecule has 0 bridgehead atoms. The third kappa shape index (κ3) is 3.82. The minimum absolute atomic E-state index is 0.121. The maximum absolute atomic E-state index is 11.8. The summed E-state index contributed by atoms with van der Waals surface area (Å²) >= 11 is 1.63. The van der Waals surface area contributed by atoms with Crippen LogP contribution in [0.2, 0.25) is 0 Å². The van der Waals surface area contributed by atoms with Crippen molar-refractivity contribution in [3.63, 3.8) is 0 Å². The van der Waals surface area contributed by atoms with Crippen LogP contribution in [-0.4, -0.2) is 25.7 Å². The molecule has 1 aliphatic rings. The van der Waals surface area contributed by atoms with Crippen LogP contribution >= 0.6 is 11.3 Å². The number of hydrogen-bond acceptors (Lipinski definition) is 3. The topological polar surface area (TPSA) is 38.3 Å². The van der Waals surface area contributed by atoms with E-state index in [9.17, 15) is 4.79 Å². The normalized spacial score (nSPS) is 18.9. The zero-order chi connectivity index (χ0) is 12.1. The Morgan fingerprint density at radius 3 is 2.94 bits per heavy atom. The molecule has 0 aliphatic carbocycles. The summed E-state index contributed by atoms with van der Waals surface area (Å²) in [7, 11) is 0. The highest BCUT2D eigenvalue weighted by atomic mass is 32.1. The Labute approximate surface area is 106 Å². The zero-order valence-electron chi connectivity index (χ0n) is 10.2. The number of ether oxygens (including phenoxy) is 1. The van der Waals surface area contributed by atoms with Crippen LogP contribution in [0.4, 0.5) is 0 Å². The van der Waals surface area contributed by atoms with Gasteiger partial charge in [0.1, 0.15) is 0 Å². The van der Waals surface area contributed by atoms with E-state index < -0.39 is 0 Å². The molecule has 1 aliphatic heterocycles. The quantitative estimate of drug-likeness (QED) is 0.893. The highest BCUT2D eigenvalue weighted by Crippen LogP contribution is 2.28. The molecule has 1 aromatic heterocycles. The molecule has 1 fully saturated rings. The number of nitrogens with one attached hydrogen (secondary N) is 1. The summed E-state index contributed by atoms with van der Waals surface area (Å²) < 4.78 is 5.35. The van der Waals surface area contributed by atoms with E-state index in [1.807, 2.05) is 16.8 Å². The van der Waals surface area contributed by atoms with Crippen molar-refractivity contribution >= 4 is 17.2 Å². The fourth-order valence-corrected chi connectivity index (χ4v) is 2.66. The van der Waals surface area contributed by atoms with Gasteiger partial charge in [-0.05, 0) is 40.6 Å². The molecule has 0 radical (unpaired) electrons. The average molecular weight is 253 g/mol. The molecule has 1 aromatic rings. The molecule has 1 saturated heterocycles. The Balaban J connectivity index is 1.75. The van der Waals surface area contributed by atoms with E-state index in [1.54, 1.807) is 11.3 Å². The molecule has 17 heavy (non-hydrogen) atoms. The predicted molar refractivity (Wildman–Crippen MR) is 69.2 cm³/mol. The summed E-state index contributed by atoms with van der Waals surface area (Å²) in [4.78, 5) is 11.8. The maximum Gasteiger partial charge on any atom is 0.224 e. The fraction of sp³-hybridized carbons (Fsp3) is 0.615. The highest BCUT2D eigenvalue weighted by Gasteiger charge is 2.27. The summed E-state index contributed by atoms with van der Waals surface area (Å²) in [5.74, 6) is 0.121. The number of hydrogen-bond donors (Lipinski definition) is 1. The molecule has 0 spiro atoms. The molecule has 94 valence electrons. The van der Waals surface area contributed by atoms with Crippen molar-refractivity contribution in [3.8, 4) is 0 Å². The van der Waals surface area contributed by atoms with Gasteiger partial charge in [0.25, 0.3) is 0 Å². The molecule has 3 nitrogen and oxygen atoms in total. The third-order valence-corrected chi connectivity index (χ3v) is 4.09. The highest BCUT2D eigenvalue weighted by molar-refractivity contribution is 7.07. The standard InChI is InChI=1S/C13H19NO2S/c1-13(3-5-16-6-4-13)10-14-12(15)8-11-2-7-17-9-11/h2,7,9H,3-6,8,10H2,1H3,(H,14,15). The van der Waals surface area contributed by atoms with Crippen molar-refractivity contribution in [2.45, 2.75) is 26.2 Å². The number of rotatable bonds is 4. The van der Waals surface area contributed by atoms with Crippen LogP contribution in [0.5, 0.6) is 0 Å². The lowest BCUT2D eigenvalue weighted by atomic mass is 9.82. The second-order valence-electron chi connectivity index (χ2n) is 5.01. The lowest BCUT2D eigenvalue weighted by Crippen LogP contribution is -2.39. The van der Waals surface area contributed by atoms with Gasteiger partial charge in [-0.1, -0.05) is 6.92 Å². The molecule has 4 heteroatoms. The molecule has 0 aromatic carbocycles. The number of carbonyl (C=O) groups excluding carboxylic acids is 1. The molecule has 0 atom stereocenters. The molecule has 2 rings (SSSR count). The third-order valence-electron chi connectivity index (χ3n) is 3.36. The summed E-state index contributed by atoms with van der Waals surface area (Å²) in [6, 6.07) is 2.00. The lowest BCUT2D eigenvalue weighted by Gasteiger charge is -2.33. The Morgan fingerprint density at radius 2 is 2.29 bits per heavy atom. The lowest BCUT2D eigenvalue weighted by molar-refractivity contribution is -0.121. The van der Waals surface area contributed by atoms with Gasteiger partial charge in [-0.3, -0.25) is 4.79 Å². The van der Waals surface area contributed by atoms with Crippen molar-refractivity contribution in [3.05, 3.63) is 22.4 Å². The summed E-state index contributed by atoms with van der Waals surface area (Å²) in [6.45, 7) is 4.62. The van der Waals surface area contributed by atoms with Gasteiger partial charge in [-0.15, -0.1) is 0 Å². The molecule has 1 N–H and O–H groups in total. The number of carbonyl (C=O) groups is 1. The van der Waals surface area contributed by atoms with Crippen molar-refractivity contribution in [1.82, 2.24) is 5.32 Å². The van der Waals surface area contributed by atoms with Gasteiger partial charge in [-0.25, -0.2) is 0 Å². The first-order valence-electron chi connectivity index (χ1n) is 6.03. The van der Waals surface area contributed by atoms with E-state index in [0.717, 1.165) is 38.2 Å². The Kier molecular flexibility index (Phi) is 4.18. The van der Waals surface area contributed by atoms with Crippen LogP contribution in [0.3, 0.4) is 0 Å². The second kappa shape index (κ2) is 5.65. The maximum atomic E-state index is 11.8. The van der Waals surface area contributed by atoms with E-state index in [4.69, 9.17) is 4.74 Å². The largest absolute Gasteiger partial charge is 0.381 e. The first-order chi connectivity index (χ1) is 8.18. The van der Waals surface area contributed by atoms with Gasteiger partial charge in [0.15, 0.2) is 0 Å². The van der Waals surface area contributed by atoms with E-state index in [0.29, 0.717) is 6.42 Å². The van der Waals surface area contributed by atoms with Crippen LogP contribution in [-0.2, 0) is 16.0 Å². The van der Waals surface area contributed by atoms with Crippen LogP contribution in [0.25, 0.3) is 0 Å². The van der Waals surface area contributed by atoms with Gasteiger partial charge in [0, 0.05) is 19.8 Å². The van der Waals surface area contributed by atoms with Crippen LogP contribution in [0.15, 0.2) is 16.8 Å². The molecule has 1 amide bonds. The van der Waals surface area contributed by atoms with E-state index in [-0.39, 0.29) is 11.3 Å². The first kappa shape index (κ1) is 12.6. The summed E-state index contributed by atoms with van der Waals surface area (Å²) in [5, 5.41) is 7.07. The summed E-state index contributed by atoms with van der Waals surface area (Å²) in [5.41, 5.74) is 1.31. The minimum atomic E-state index is 0.121. The van der Waals surface area contributed by atoms with E-state index >= 15 is 0 Å². The molecule has 2 heterocycles. The predicted octanol–water partition coefficient (Wildman–Crippen LogP) is 2.22. The Bertz CT molecular complexity index is 356. The molecule has 0 saturated carbocycles. The minimum Gasteiger partial charge on any atom is -0.381 e. The van der Waals surface area contributed by atoms with Crippen molar-refractivity contribution in [2.24, 2.45) is 5.41 Å². The molecule has 0 unspecified atom stereocenters. The summed E-state index contributed by atoms with van der Waals surface area (Å²) in [6.07, 6.45) is 2.56. The fourth-order valence-electron chi connectivity index (χ4n) is 1.99. The van der Waals surface area contributed by atoms with Crippen LogP contribution in [0.1, 0.15) is 25.3 Å². The van der Waals surface area contributed by atoms with Gasteiger partial charge in [0.05, 0.1) is 6.42 Å². The number of amides is 1. The second-order valence-corrected chi connectivity index (χ2v) is 5.79. The van der Waals surface area contributed by atoms with Crippen molar-refractivity contribution < 1.29 is 9.53 Å². The monoisotopic (exact) mass is 253 g/mol. The van der Waals surface area contributed by atoms with Crippen molar-refractivity contribution in [2.75, 3.05) is 19.8 Å². The van der Waals surface area contributed by atoms with E-state index in [2.05, 4.69) is 12.2 Å². The smallest absolute Gasteiger partial charge is 0.224 e. The number of thiophene rings is 1. The molecular weight excluding hydrogens is 234 g/mol. The molecular formula is C13H19NO2S. The van der Waals surface area contributed by atoms with Gasteiger partial charge >= 0.3 is 0 Å². The SMILES string of the molecule is CC1(CNC(=O)Cc2ccsc2)CCOCC1.